The number of benzene rings is 1. The zero-order valence-electron chi connectivity index (χ0n) is 25.3. The van der Waals surface area contributed by atoms with E-state index in [-0.39, 0.29) is 41.4 Å². The van der Waals surface area contributed by atoms with Crippen LogP contribution in [0.4, 0.5) is 5.82 Å². The lowest BCUT2D eigenvalue weighted by atomic mass is 9.97. The highest BCUT2D eigenvalue weighted by Crippen LogP contribution is 2.38. The summed E-state index contributed by atoms with van der Waals surface area (Å²) in [7, 11) is -4.01. The maximum Gasteiger partial charge on any atom is 0.326 e. The minimum atomic E-state index is -4.01. The first-order valence-corrected chi connectivity index (χ1v) is 16.4. The van der Waals surface area contributed by atoms with Gasteiger partial charge < -0.3 is 19.3 Å². The predicted molar refractivity (Wildman–Crippen MR) is 163 cm³/mol. The van der Waals surface area contributed by atoms with Crippen molar-refractivity contribution in [2.24, 2.45) is 5.92 Å². The van der Waals surface area contributed by atoms with E-state index in [2.05, 4.69) is 9.88 Å². The summed E-state index contributed by atoms with van der Waals surface area (Å²) in [6, 6.07) is 6.34. The highest BCUT2D eigenvalue weighted by Gasteiger charge is 2.32. The van der Waals surface area contributed by atoms with Crippen LogP contribution < -0.4 is 4.72 Å². The molecular formula is C30H41N3O7S2. The number of nitrogens with one attached hydrogen (secondary N) is 1. The second-order valence-corrected chi connectivity index (χ2v) is 13.8. The van der Waals surface area contributed by atoms with Crippen LogP contribution in [0.3, 0.4) is 0 Å². The molecule has 3 aromatic rings. The van der Waals surface area contributed by atoms with Gasteiger partial charge in [0, 0.05) is 35.6 Å². The van der Waals surface area contributed by atoms with Gasteiger partial charge in [0.15, 0.2) is 5.82 Å². The van der Waals surface area contributed by atoms with Crippen molar-refractivity contribution < 1.29 is 32.4 Å². The van der Waals surface area contributed by atoms with Crippen molar-refractivity contribution >= 4 is 39.1 Å². The van der Waals surface area contributed by atoms with Gasteiger partial charge in [0.2, 0.25) is 5.91 Å². The van der Waals surface area contributed by atoms with Crippen molar-refractivity contribution in [1.82, 2.24) is 10.1 Å². The molecule has 1 atom stereocenters. The van der Waals surface area contributed by atoms with E-state index in [1.807, 2.05) is 45.0 Å². The number of hydrogen-bond acceptors (Lipinski definition) is 8. The molecule has 10 nitrogen and oxygen atoms in total. The van der Waals surface area contributed by atoms with Crippen LogP contribution in [0.1, 0.15) is 74.3 Å². The molecule has 0 saturated carbocycles. The summed E-state index contributed by atoms with van der Waals surface area (Å²) >= 11 is 1.15. The largest absolute Gasteiger partial charge is 0.480 e. The molecule has 12 heteroatoms. The summed E-state index contributed by atoms with van der Waals surface area (Å²) in [5.74, 6) is -0.883. The van der Waals surface area contributed by atoms with Crippen LogP contribution >= 0.6 is 11.3 Å². The Bertz CT molecular complexity index is 1510. The normalized spacial score (nSPS) is 12.5. The van der Waals surface area contributed by atoms with Gasteiger partial charge in [-0.05, 0) is 62.8 Å². The Hall–Kier alpha value is -3.22. The Balaban J connectivity index is 2.07. The fourth-order valence-corrected chi connectivity index (χ4v) is 7.40. The Labute approximate surface area is 252 Å². The molecule has 1 amide bonds. The smallest absolute Gasteiger partial charge is 0.326 e. The first kappa shape index (κ1) is 33.3. The Morgan fingerprint density at radius 1 is 1.14 bits per heavy atom. The number of aromatic nitrogens is 1. The molecule has 0 fully saturated rings. The van der Waals surface area contributed by atoms with Crippen molar-refractivity contribution in [3.63, 3.8) is 0 Å². The van der Waals surface area contributed by atoms with E-state index in [0.29, 0.717) is 35.5 Å². The first-order valence-electron chi connectivity index (χ1n) is 14.1. The maximum atomic E-state index is 13.6. The summed E-state index contributed by atoms with van der Waals surface area (Å²) in [6.07, 6.45) is 1.76. The van der Waals surface area contributed by atoms with Crippen LogP contribution in [0, 0.1) is 26.7 Å². The van der Waals surface area contributed by atoms with Crippen LogP contribution in [0.25, 0.3) is 11.1 Å². The number of ether oxygens (including phenoxy) is 1. The number of sulfonamides is 1. The average molecular weight is 620 g/mol. The molecule has 2 N–H and O–H groups in total. The number of carboxylic acid groups (broad SMARTS) is 1. The van der Waals surface area contributed by atoms with Gasteiger partial charge in [-0.1, -0.05) is 50.5 Å². The van der Waals surface area contributed by atoms with Gasteiger partial charge in [0.1, 0.15) is 16.0 Å². The molecule has 3 rings (SSSR count). The van der Waals surface area contributed by atoms with Crippen LogP contribution in [0.2, 0.25) is 0 Å². The van der Waals surface area contributed by atoms with Gasteiger partial charge in [0.25, 0.3) is 10.0 Å². The lowest BCUT2D eigenvalue weighted by Gasteiger charge is -2.32. The number of carbonyl (C=O) groups excluding carboxylic acids is 1. The summed E-state index contributed by atoms with van der Waals surface area (Å²) in [4.78, 5) is 27.6. The molecule has 0 aliphatic carbocycles. The number of anilines is 1. The van der Waals surface area contributed by atoms with Crippen molar-refractivity contribution in [3.8, 4) is 11.1 Å². The van der Waals surface area contributed by atoms with Crippen LogP contribution in [-0.4, -0.2) is 48.1 Å². The number of hydrogen-bond donors (Lipinski definition) is 2. The van der Waals surface area contributed by atoms with Gasteiger partial charge in [-0.25, -0.2) is 13.2 Å². The molecule has 42 heavy (non-hydrogen) atoms. The van der Waals surface area contributed by atoms with Crippen LogP contribution in [-0.2, 0) is 37.5 Å². The van der Waals surface area contributed by atoms with E-state index < -0.39 is 22.0 Å². The van der Waals surface area contributed by atoms with E-state index in [9.17, 15) is 23.1 Å². The Kier molecular flexibility index (Phi) is 11.3. The SMILES string of the molecule is CCCCC(=O)N(Cc1ccc(-c2cc(C)sc2S(=O)(=O)Nc2noc(C)c2C)c(COCC)c1)[C@H](C(=O)O)C(C)C. The van der Waals surface area contributed by atoms with E-state index in [1.54, 1.807) is 27.7 Å². The third-order valence-corrected chi connectivity index (χ3v) is 9.94. The second kappa shape index (κ2) is 14.3. The lowest BCUT2D eigenvalue weighted by molar-refractivity contribution is -0.153. The highest BCUT2D eigenvalue weighted by molar-refractivity contribution is 7.94. The predicted octanol–water partition coefficient (Wildman–Crippen LogP) is 6.29. The fourth-order valence-electron chi connectivity index (χ4n) is 4.69. The third kappa shape index (κ3) is 7.78. The number of unbranched alkanes of at least 4 members (excludes halogenated alkanes) is 1. The van der Waals surface area contributed by atoms with Crippen molar-refractivity contribution in [2.75, 3.05) is 11.3 Å². The van der Waals surface area contributed by atoms with Crippen molar-refractivity contribution in [3.05, 3.63) is 51.6 Å². The number of thiophene rings is 1. The third-order valence-electron chi connectivity index (χ3n) is 7.01. The number of amides is 1. The van der Waals surface area contributed by atoms with Crippen LogP contribution in [0.5, 0.6) is 0 Å². The van der Waals surface area contributed by atoms with E-state index in [1.165, 1.54) is 4.90 Å². The molecule has 0 spiro atoms. The van der Waals surface area contributed by atoms with Gasteiger partial charge in [-0.15, -0.1) is 11.3 Å². The van der Waals surface area contributed by atoms with E-state index >= 15 is 0 Å². The number of aryl methyl sites for hydroxylation is 2. The molecule has 0 radical (unpaired) electrons. The molecule has 0 saturated heterocycles. The lowest BCUT2D eigenvalue weighted by Crippen LogP contribution is -2.47. The molecule has 1 aromatic carbocycles. The highest BCUT2D eigenvalue weighted by atomic mass is 32.2. The molecule has 2 heterocycles. The molecule has 230 valence electrons. The Morgan fingerprint density at radius 2 is 1.86 bits per heavy atom. The summed E-state index contributed by atoms with van der Waals surface area (Å²) in [5.41, 5.74) is 3.26. The zero-order valence-corrected chi connectivity index (χ0v) is 26.9. The number of carbonyl (C=O) groups is 2. The minimum absolute atomic E-state index is 0.108. The van der Waals surface area contributed by atoms with Crippen molar-refractivity contribution in [1.29, 1.82) is 0 Å². The van der Waals surface area contributed by atoms with Gasteiger partial charge in [-0.3, -0.25) is 9.52 Å². The number of nitrogens with zero attached hydrogens (tertiary/aromatic N) is 2. The number of rotatable bonds is 15. The molecule has 0 bridgehead atoms. The molecular weight excluding hydrogens is 578 g/mol. The minimum Gasteiger partial charge on any atom is -0.480 e. The zero-order chi connectivity index (χ0) is 31.2. The monoisotopic (exact) mass is 619 g/mol. The van der Waals surface area contributed by atoms with Gasteiger partial charge >= 0.3 is 5.97 Å². The first-order chi connectivity index (χ1) is 19.8. The molecule has 0 unspecified atom stereocenters. The fraction of sp³-hybridized carbons (Fsp3) is 0.500. The quantitative estimate of drug-likeness (QED) is 0.202. The molecule has 2 aromatic heterocycles. The van der Waals surface area contributed by atoms with E-state index in [0.717, 1.165) is 33.8 Å². The standard InChI is InChI=1S/C30H41N3O7S2/c1-8-10-11-26(34)33(27(18(3)4)29(35)36)16-22-12-13-24(23(15-22)17-39-9-2)25-14-19(5)41-30(25)42(37,38)32-28-20(6)21(7)40-31-28/h12-15,18,27H,8-11,16-17H2,1-7H3,(H,31,32)(H,35,36)/t27-/m0/s1. The average Bonchev–Trinajstić information content (AvgIpc) is 3.47. The molecule has 0 aliphatic rings. The number of aliphatic carboxylic acids is 1. The molecule has 0 aliphatic heterocycles. The second-order valence-electron chi connectivity index (χ2n) is 10.7. The maximum absolute atomic E-state index is 13.6. The van der Waals surface area contributed by atoms with Gasteiger partial charge in [-0.2, -0.15) is 0 Å². The summed E-state index contributed by atoms with van der Waals surface area (Å²) in [6.45, 7) is 13.5. The van der Waals surface area contributed by atoms with Gasteiger partial charge in [0.05, 0.1) is 6.61 Å². The van der Waals surface area contributed by atoms with Crippen LogP contribution in [0.15, 0.2) is 33.0 Å². The van der Waals surface area contributed by atoms with Crippen molar-refractivity contribution in [2.45, 2.75) is 91.1 Å². The summed E-state index contributed by atoms with van der Waals surface area (Å²) < 4.78 is 40.7. The van der Waals surface area contributed by atoms with E-state index in [4.69, 9.17) is 9.26 Å². The Morgan fingerprint density at radius 3 is 2.43 bits per heavy atom. The summed E-state index contributed by atoms with van der Waals surface area (Å²) in [5, 5.41) is 13.8. The topological polar surface area (TPSA) is 139 Å². The number of carboxylic acids is 1.